The van der Waals surface area contributed by atoms with Crippen molar-refractivity contribution in [1.29, 1.82) is 0 Å². The van der Waals surface area contributed by atoms with Crippen molar-refractivity contribution in [2.45, 2.75) is 32.7 Å². The number of carbonyl (C=O) groups excluding carboxylic acids is 1. The van der Waals surface area contributed by atoms with Gasteiger partial charge in [0.25, 0.3) is 5.56 Å². The zero-order chi connectivity index (χ0) is 19.8. The predicted octanol–water partition coefficient (Wildman–Crippen LogP) is 2.33. The molecule has 2 aromatic carbocycles. The number of unbranched alkanes of at least 4 members (excludes halogenated alkanes) is 1. The molecule has 1 heterocycles. The Kier molecular flexibility index (Phi) is 6.73. The summed E-state index contributed by atoms with van der Waals surface area (Å²) < 4.78 is 6.72. The second-order valence-corrected chi connectivity index (χ2v) is 6.52. The molecule has 28 heavy (non-hydrogen) atoms. The van der Waals surface area contributed by atoms with E-state index < -0.39 is 0 Å². The molecule has 0 unspecified atom stereocenters. The molecule has 0 aliphatic carbocycles. The molecule has 1 N–H and O–H groups in total. The summed E-state index contributed by atoms with van der Waals surface area (Å²) in [5.74, 6) is 0.585. The fourth-order valence-electron chi connectivity index (χ4n) is 2.75. The number of benzene rings is 2. The van der Waals surface area contributed by atoms with Crippen LogP contribution >= 0.6 is 0 Å². The third-order valence-corrected chi connectivity index (χ3v) is 4.35. The van der Waals surface area contributed by atoms with Crippen molar-refractivity contribution in [3.05, 3.63) is 64.4 Å². The molecule has 0 spiro atoms. The molecule has 1 amide bonds. The summed E-state index contributed by atoms with van der Waals surface area (Å²) in [6.07, 6.45) is 2.84. The topological polar surface area (TPSA) is 86.1 Å². The zero-order valence-electron chi connectivity index (χ0n) is 15.9. The number of nitrogens with one attached hydrogen (secondary N) is 1. The van der Waals surface area contributed by atoms with Crippen molar-refractivity contribution in [3.63, 3.8) is 0 Å². The van der Waals surface area contributed by atoms with Gasteiger partial charge in [-0.3, -0.25) is 9.59 Å². The molecule has 0 radical (unpaired) electrons. The van der Waals surface area contributed by atoms with Crippen molar-refractivity contribution in [1.82, 2.24) is 20.3 Å². The third-order valence-electron chi connectivity index (χ3n) is 4.35. The molecule has 0 fully saturated rings. The second-order valence-electron chi connectivity index (χ2n) is 6.52. The highest BCUT2D eigenvalue weighted by Gasteiger charge is 2.09. The van der Waals surface area contributed by atoms with Crippen LogP contribution in [0.3, 0.4) is 0 Å². The van der Waals surface area contributed by atoms with E-state index in [0.29, 0.717) is 23.9 Å². The van der Waals surface area contributed by atoms with E-state index in [9.17, 15) is 9.59 Å². The Morgan fingerprint density at radius 3 is 2.71 bits per heavy atom. The molecule has 0 aliphatic rings. The van der Waals surface area contributed by atoms with Gasteiger partial charge in [-0.1, -0.05) is 42.8 Å². The molecular formula is C21H24N4O3. The van der Waals surface area contributed by atoms with Gasteiger partial charge < -0.3 is 10.1 Å². The number of amides is 1. The number of hydrogen-bond acceptors (Lipinski definition) is 5. The van der Waals surface area contributed by atoms with Gasteiger partial charge in [-0.05, 0) is 42.7 Å². The molecule has 3 rings (SSSR count). The number of carbonyl (C=O) groups is 1. The molecule has 0 saturated carbocycles. The van der Waals surface area contributed by atoms with Crippen LogP contribution in [-0.4, -0.2) is 34.1 Å². The van der Waals surface area contributed by atoms with Gasteiger partial charge in [0.05, 0.1) is 12.0 Å². The van der Waals surface area contributed by atoms with Crippen LogP contribution in [0.5, 0.6) is 5.75 Å². The Bertz CT molecular complexity index is 983. The van der Waals surface area contributed by atoms with E-state index in [2.05, 4.69) is 22.6 Å². The van der Waals surface area contributed by atoms with Crippen LogP contribution in [0, 0.1) is 0 Å². The Balaban J connectivity index is 1.48. The standard InChI is InChI=1S/C21H24N4O3/c1-2-3-14-28-17-10-8-16(9-11-17)12-13-22-20(26)15-25-21(27)18-6-4-5-7-19(18)23-24-25/h4-11H,2-3,12-15H2,1H3,(H,22,26). The van der Waals surface area contributed by atoms with Gasteiger partial charge in [0, 0.05) is 6.54 Å². The molecule has 1 aromatic heterocycles. The Hall–Kier alpha value is -3.22. The zero-order valence-corrected chi connectivity index (χ0v) is 15.9. The summed E-state index contributed by atoms with van der Waals surface area (Å²) in [5, 5.41) is 11.1. The molecule has 7 heteroatoms. The van der Waals surface area contributed by atoms with E-state index in [0.717, 1.165) is 35.4 Å². The van der Waals surface area contributed by atoms with Crippen molar-refractivity contribution in [3.8, 4) is 5.75 Å². The maximum absolute atomic E-state index is 12.4. The summed E-state index contributed by atoms with van der Waals surface area (Å²) in [5.41, 5.74) is 1.30. The third kappa shape index (κ3) is 5.16. The highest BCUT2D eigenvalue weighted by molar-refractivity contribution is 5.78. The minimum Gasteiger partial charge on any atom is -0.494 e. The van der Waals surface area contributed by atoms with Gasteiger partial charge in [0.15, 0.2) is 0 Å². The predicted molar refractivity (Wildman–Crippen MR) is 107 cm³/mol. The van der Waals surface area contributed by atoms with Crippen molar-refractivity contribution in [2.24, 2.45) is 0 Å². The Morgan fingerprint density at radius 2 is 1.93 bits per heavy atom. The molecular weight excluding hydrogens is 356 g/mol. The van der Waals surface area contributed by atoms with Gasteiger partial charge in [0.1, 0.15) is 17.8 Å². The van der Waals surface area contributed by atoms with Crippen LogP contribution in [0.1, 0.15) is 25.3 Å². The van der Waals surface area contributed by atoms with E-state index in [1.807, 2.05) is 24.3 Å². The number of aromatic nitrogens is 3. The van der Waals surface area contributed by atoms with Gasteiger partial charge >= 0.3 is 0 Å². The molecule has 0 saturated heterocycles. The average molecular weight is 380 g/mol. The normalized spacial score (nSPS) is 10.8. The maximum Gasteiger partial charge on any atom is 0.278 e. The first kappa shape index (κ1) is 19.5. The summed E-state index contributed by atoms with van der Waals surface area (Å²) >= 11 is 0. The lowest BCUT2D eigenvalue weighted by Gasteiger charge is -2.08. The van der Waals surface area contributed by atoms with E-state index in [4.69, 9.17) is 4.74 Å². The SMILES string of the molecule is CCCCOc1ccc(CCNC(=O)Cn2nnc3ccccc3c2=O)cc1. The van der Waals surface area contributed by atoms with E-state index in [1.165, 1.54) is 0 Å². The Morgan fingerprint density at radius 1 is 1.14 bits per heavy atom. The van der Waals surface area contributed by atoms with Crippen LogP contribution in [0.25, 0.3) is 10.9 Å². The first-order valence-corrected chi connectivity index (χ1v) is 9.48. The van der Waals surface area contributed by atoms with Crippen LogP contribution < -0.4 is 15.6 Å². The smallest absolute Gasteiger partial charge is 0.278 e. The fourth-order valence-corrected chi connectivity index (χ4v) is 2.75. The van der Waals surface area contributed by atoms with Gasteiger partial charge in [-0.2, -0.15) is 0 Å². The fraction of sp³-hybridized carbons (Fsp3) is 0.333. The number of hydrogen-bond donors (Lipinski definition) is 1. The number of rotatable bonds is 9. The lowest BCUT2D eigenvalue weighted by Crippen LogP contribution is -2.35. The van der Waals surface area contributed by atoms with Gasteiger partial charge in [0.2, 0.25) is 5.91 Å². The molecule has 0 bridgehead atoms. The van der Waals surface area contributed by atoms with Crippen molar-refractivity contribution in [2.75, 3.05) is 13.2 Å². The summed E-state index contributed by atoms with van der Waals surface area (Å²) in [7, 11) is 0. The van der Waals surface area contributed by atoms with Crippen LogP contribution in [0.15, 0.2) is 53.3 Å². The van der Waals surface area contributed by atoms with E-state index in [-0.39, 0.29) is 18.0 Å². The van der Waals surface area contributed by atoms with Gasteiger partial charge in [-0.15, -0.1) is 5.10 Å². The van der Waals surface area contributed by atoms with Crippen molar-refractivity contribution >= 4 is 16.8 Å². The largest absolute Gasteiger partial charge is 0.494 e. The number of fused-ring (bicyclic) bond motifs is 1. The summed E-state index contributed by atoms with van der Waals surface area (Å²) in [6, 6.07) is 14.8. The first-order chi connectivity index (χ1) is 13.7. The second kappa shape index (κ2) is 9.64. The quantitative estimate of drug-likeness (QED) is 0.576. The Labute approximate surface area is 163 Å². The lowest BCUT2D eigenvalue weighted by molar-refractivity contribution is -0.121. The first-order valence-electron chi connectivity index (χ1n) is 9.48. The van der Waals surface area contributed by atoms with Crippen molar-refractivity contribution < 1.29 is 9.53 Å². The van der Waals surface area contributed by atoms with Crippen LogP contribution in [-0.2, 0) is 17.8 Å². The molecule has 7 nitrogen and oxygen atoms in total. The average Bonchev–Trinajstić information content (AvgIpc) is 2.72. The minimum absolute atomic E-state index is 0.152. The van der Waals surface area contributed by atoms with E-state index >= 15 is 0 Å². The molecule has 0 aliphatic heterocycles. The highest BCUT2D eigenvalue weighted by atomic mass is 16.5. The van der Waals surface area contributed by atoms with E-state index in [1.54, 1.807) is 24.3 Å². The monoisotopic (exact) mass is 380 g/mol. The van der Waals surface area contributed by atoms with Gasteiger partial charge in [-0.25, -0.2) is 4.68 Å². The van der Waals surface area contributed by atoms with Crippen LogP contribution in [0.2, 0.25) is 0 Å². The van der Waals surface area contributed by atoms with Crippen LogP contribution in [0.4, 0.5) is 0 Å². The number of ether oxygens (including phenoxy) is 1. The summed E-state index contributed by atoms with van der Waals surface area (Å²) in [6.45, 7) is 3.18. The number of nitrogens with zero attached hydrogens (tertiary/aromatic N) is 3. The molecule has 3 aromatic rings. The summed E-state index contributed by atoms with van der Waals surface area (Å²) in [4.78, 5) is 24.5. The lowest BCUT2D eigenvalue weighted by atomic mass is 10.1. The minimum atomic E-state index is -0.320. The maximum atomic E-state index is 12.4. The highest BCUT2D eigenvalue weighted by Crippen LogP contribution is 2.13. The molecule has 146 valence electrons. The molecule has 0 atom stereocenters.